The number of amides is 1. The molecule has 1 aliphatic carbocycles. The van der Waals surface area contributed by atoms with Gasteiger partial charge in [-0.05, 0) is 43.4 Å². The Labute approximate surface area is 168 Å². The molecule has 6 nitrogen and oxygen atoms in total. The van der Waals surface area contributed by atoms with Gasteiger partial charge in [-0.25, -0.2) is 0 Å². The predicted molar refractivity (Wildman–Crippen MR) is 108 cm³/mol. The minimum absolute atomic E-state index is 0. The van der Waals surface area contributed by atoms with Crippen LogP contribution in [-0.4, -0.2) is 50.9 Å². The number of ether oxygens (including phenoxy) is 2. The van der Waals surface area contributed by atoms with Crippen molar-refractivity contribution in [2.75, 3.05) is 32.9 Å². The zero-order valence-electron chi connectivity index (χ0n) is 16.0. The summed E-state index contributed by atoms with van der Waals surface area (Å²) < 4.78 is 11.2. The van der Waals surface area contributed by atoms with Crippen LogP contribution in [0, 0.1) is 5.92 Å². The van der Waals surface area contributed by atoms with Crippen molar-refractivity contribution in [1.29, 1.82) is 0 Å². The van der Waals surface area contributed by atoms with Crippen molar-refractivity contribution in [3.63, 3.8) is 0 Å². The fraction of sp³-hybridized carbons (Fsp3) is 0.650. The van der Waals surface area contributed by atoms with Gasteiger partial charge in [0.25, 0.3) is 5.91 Å². The van der Waals surface area contributed by atoms with Gasteiger partial charge in [0.1, 0.15) is 5.75 Å². The fourth-order valence-corrected chi connectivity index (χ4v) is 3.98. The molecule has 27 heavy (non-hydrogen) atoms. The summed E-state index contributed by atoms with van der Waals surface area (Å²) in [5.74, 6) is 1.28. The maximum Gasteiger partial charge on any atom is 0.257 e. The molecule has 1 amide bonds. The topological polar surface area (TPSA) is 71.6 Å². The Bertz CT molecular complexity index is 581. The van der Waals surface area contributed by atoms with E-state index in [0.29, 0.717) is 24.5 Å². The summed E-state index contributed by atoms with van der Waals surface area (Å²) >= 11 is 0. The molecule has 0 aromatic heterocycles. The summed E-state index contributed by atoms with van der Waals surface area (Å²) in [6.07, 6.45) is 3.75. The lowest BCUT2D eigenvalue weighted by atomic mass is 9.94. The lowest BCUT2D eigenvalue weighted by Crippen LogP contribution is -2.50. The van der Waals surface area contributed by atoms with Crippen LogP contribution in [0.4, 0.5) is 0 Å². The third-order valence-electron chi connectivity index (χ3n) is 5.25. The van der Waals surface area contributed by atoms with E-state index in [1.165, 1.54) is 24.8 Å². The predicted octanol–water partition coefficient (Wildman–Crippen LogP) is 1.87. The Morgan fingerprint density at radius 1 is 1.37 bits per heavy atom. The molecule has 2 fully saturated rings. The number of halogens is 1. The molecule has 1 aliphatic heterocycles. The van der Waals surface area contributed by atoms with E-state index < -0.39 is 0 Å². The van der Waals surface area contributed by atoms with Crippen LogP contribution in [0.5, 0.6) is 5.75 Å². The molecule has 1 saturated heterocycles. The van der Waals surface area contributed by atoms with Gasteiger partial charge in [0.15, 0.2) is 6.61 Å². The van der Waals surface area contributed by atoms with Gasteiger partial charge < -0.3 is 25.4 Å². The van der Waals surface area contributed by atoms with Crippen molar-refractivity contribution in [1.82, 2.24) is 16.0 Å². The van der Waals surface area contributed by atoms with E-state index in [1.54, 1.807) is 0 Å². The number of benzene rings is 1. The first-order chi connectivity index (χ1) is 12.8. The van der Waals surface area contributed by atoms with Crippen LogP contribution in [0.2, 0.25) is 0 Å². The first-order valence-corrected chi connectivity index (χ1v) is 9.79. The molecule has 7 heteroatoms. The Hall–Kier alpha value is -1.34. The van der Waals surface area contributed by atoms with Crippen LogP contribution in [-0.2, 0) is 16.1 Å². The van der Waals surface area contributed by atoms with Gasteiger partial charge in [-0.15, -0.1) is 12.4 Å². The monoisotopic (exact) mass is 397 g/mol. The summed E-state index contributed by atoms with van der Waals surface area (Å²) in [6.45, 7) is 6.00. The Morgan fingerprint density at radius 2 is 2.26 bits per heavy atom. The van der Waals surface area contributed by atoms with Gasteiger partial charge in [0.05, 0.1) is 13.2 Å². The number of hydrogen-bond donors (Lipinski definition) is 3. The van der Waals surface area contributed by atoms with Crippen molar-refractivity contribution >= 4 is 18.3 Å². The summed E-state index contributed by atoms with van der Waals surface area (Å²) in [5, 5.41) is 10.1. The summed E-state index contributed by atoms with van der Waals surface area (Å²) in [6, 6.07) is 8.97. The van der Waals surface area contributed by atoms with E-state index in [2.05, 4.69) is 22.0 Å². The summed E-state index contributed by atoms with van der Waals surface area (Å²) in [7, 11) is 0. The second-order valence-electron chi connectivity index (χ2n) is 7.11. The number of carbonyl (C=O) groups excluding carboxylic acids is 1. The average Bonchev–Trinajstić information content (AvgIpc) is 3.15. The molecule has 0 radical (unpaired) electrons. The standard InChI is InChI=1S/C20H31N3O3.ClH/c1-2-21-20(24)14-26-16-6-3-5-15(11-16)12-23-18-8-4-7-17(18)19-13-25-10-9-22-19;/h3,5-6,11,17-19,22-23H,2,4,7-10,12-14H2,1H3,(H,21,24);1H. The van der Waals surface area contributed by atoms with E-state index in [9.17, 15) is 4.79 Å². The van der Waals surface area contributed by atoms with Gasteiger partial charge in [0, 0.05) is 31.7 Å². The van der Waals surface area contributed by atoms with Crippen LogP contribution in [0.25, 0.3) is 0 Å². The molecule has 1 saturated carbocycles. The van der Waals surface area contributed by atoms with E-state index in [0.717, 1.165) is 32.1 Å². The average molecular weight is 398 g/mol. The zero-order chi connectivity index (χ0) is 18.2. The largest absolute Gasteiger partial charge is 0.484 e. The van der Waals surface area contributed by atoms with Crippen LogP contribution >= 0.6 is 12.4 Å². The lowest BCUT2D eigenvalue weighted by Gasteiger charge is -2.33. The molecule has 3 rings (SSSR count). The third kappa shape index (κ3) is 6.64. The maximum absolute atomic E-state index is 11.5. The molecule has 3 unspecified atom stereocenters. The first-order valence-electron chi connectivity index (χ1n) is 9.79. The number of morpholine rings is 1. The maximum atomic E-state index is 11.5. The molecule has 2 aliphatic rings. The molecule has 0 bridgehead atoms. The van der Waals surface area contributed by atoms with Crippen LogP contribution in [0.1, 0.15) is 31.7 Å². The molecule has 3 atom stereocenters. The second kappa shape index (κ2) is 11.5. The highest BCUT2D eigenvalue weighted by Crippen LogP contribution is 2.29. The Morgan fingerprint density at radius 3 is 3.04 bits per heavy atom. The zero-order valence-corrected chi connectivity index (χ0v) is 16.9. The molecule has 152 valence electrons. The number of likely N-dealkylation sites (N-methyl/N-ethyl adjacent to an activating group) is 1. The molecule has 1 aromatic carbocycles. The van der Waals surface area contributed by atoms with E-state index >= 15 is 0 Å². The smallest absolute Gasteiger partial charge is 0.257 e. The fourth-order valence-electron chi connectivity index (χ4n) is 3.98. The highest BCUT2D eigenvalue weighted by molar-refractivity contribution is 5.85. The van der Waals surface area contributed by atoms with E-state index in [4.69, 9.17) is 9.47 Å². The van der Waals surface area contributed by atoms with Crippen molar-refractivity contribution in [3.05, 3.63) is 29.8 Å². The molecule has 1 heterocycles. The Kier molecular flexibility index (Phi) is 9.34. The number of nitrogens with one attached hydrogen (secondary N) is 3. The van der Waals surface area contributed by atoms with Crippen molar-refractivity contribution in [3.8, 4) is 5.75 Å². The molecular formula is C20H32ClN3O3. The minimum atomic E-state index is -0.0907. The van der Waals surface area contributed by atoms with Gasteiger partial charge >= 0.3 is 0 Å². The minimum Gasteiger partial charge on any atom is -0.484 e. The van der Waals surface area contributed by atoms with E-state index in [-0.39, 0.29) is 24.9 Å². The normalized spacial score (nSPS) is 24.9. The van der Waals surface area contributed by atoms with Crippen molar-refractivity contribution < 1.29 is 14.3 Å². The second-order valence-corrected chi connectivity index (χ2v) is 7.11. The first kappa shape index (κ1) is 22.0. The van der Waals surface area contributed by atoms with E-state index in [1.807, 2.05) is 25.1 Å². The summed E-state index contributed by atoms with van der Waals surface area (Å²) in [5.41, 5.74) is 1.18. The van der Waals surface area contributed by atoms with Crippen molar-refractivity contribution in [2.45, 2.75) is 44.8 Å². The quantitative estimate of drug-likeness (QED) is 0.624. The molecule has 1 aromatic rings. The number of hydrogen-bond acceptors (Lipinski definition) is 5. The summed E-state index contributed by atoms with van der Waals surface area (Å²) in [4.78, 5) is 11.5. The van der Waals surface area contributed by atoms with Crippen LogP contribution in [0.3, 0.4) is 0 Å². The van der Waals surface area contributed by atoms with Crippen LogP contribution < -0.4 is 20.7 Å². The van der Waals surface area contributed by atoms with Gasteiger partial charge in [0.2, 0.25) is 0 Å². The SMILES string of the molecule is CCNC(=O)COc1cccc(CNC2CCCC2C2COCCN2)c1.Cl. The lowest BCUT2D eigenvalue weighted by molar-refractivity contribution is -0.122. The third-order valence-corrected chi connectivity index (χ3v) is 5.25. The molecule has 0 spiro atoms. The number of carbonyl (C=O) groups is 1. The van der Waals surface area contributed by atoms with Gasteiger partial charge in [-0.1, -0.05) is 18.6 Å². The number of rotatable bonds is 8. The highest BCUT2D eigenvalue weighted by Gasteiger charge is 2.34. The van der Waals surface area contributed by atoms with Gasteiger partial charge in [-0.2, -0.15) is 0 Å². The van der Waals surface area contributed by atoms with Gasteiger partial charge in [-0.3, -0.25) is 4.79 Å². The van der Waals surface area contributed by atoms with Crippen molar-refractivity contribution in [2.24, 2.45) is 5.92 Å². The molecular weight excluding hydrogens is 366 g/mol. The Balaban J connectivity index is 0.00000261. The highest BCUT2D eigenvalue weighted by atomic mass is 35.5. The molecule has 3 N–H and O–H groups in total. The van der Waals surface area contributed by atoms with Crippen LogP contribution in [0.15, 0.2) is 24.3 Å².